The molecule has 32 heavy (non-hydrogen) atoms. The number of aromatic amines is 2. The molecule has 1 fully saturated rings. The number of aryl methyl sites for hydroxylation is 3. The summed E-state index contributed by atoms with van der Waals surface area (Å²) < 4.78 is 0. The van der Waals surface area contributed by atoms with Gasteiger partial charge < -0.3 is 10.3 Å². The van der Waals surface area contributed by atoms with Gasteiger partial charge in [0.05, 0.1) is 22.9 Å². The number of aromatic nitrogens is 2. The van der Waals surface area contributed by atoms with Crippen molar-refractivity contribution in [2.75, 3.05) is 6.54 Å². The molecule has 0 aliphatic heterocycles. The first-order valence-corrected chi connectivity index (χ1v) is 11.4. The Kier molecular flexibility index (Phi) is 6.41. The van der Waals surface area contributed by atoms with Crippen molar-refractivity contribution in [2.24, 2.45) is 5.92 Å². The Bertz CT molecular complexity index is 1130. The molecular weight excluding hydrogens is 396 g/mol. The van der Waals surface area contributed by atoms with E-state index in [0.717, 1.165) is 29.8 Å². The molecule has 1 aromatic carbocycles. The van der Waals surface area contributed by atoms with E-state index in [1.165, 1.54) is 29.8 Å². The lowest BCUT2D eigenvalue weighted by Gasteiger charge is -2.28. The molecule has 164 valence electrons. The van der Waals surface area contributed by atoms with Gasteiger partial charge in [0.15, 0.2) is 11.4 Å². The Labute approximate surface area is 189 Å². The molecule has 0 unspecified atom stereocenters. The molecular formula is C27H31N4O+. The Balaban J connectivity index is 1.36. The predicted octanol–water partition coefficient (Wildman–Crippen LogP) is 5.00. The van der Waals surface area contributed by atoms with E-state index in [4.69, 9.17) is 5.26 Å². The quantitative estimate of drug-likeness (QED) is 0.601. The van der Waals surface area contributed by atoms with Crippen LogP contribution in [-0.4, -0.2) is 17.4 Å². The highest BCUT2D eigenvalue weighted by Crippen LogP contribution is 2.35. The largest absolute Gasteiger partial charge is 0.358 e. The van der Waals surface area contributed by atoms with Crippen molar-refractivity contribution in [1.82, 2.24) is 10.3 Å². The van der Waals surface area contributed by atoms with Gasteiger partial charge in [-0.15, -0.1) is 0 Å². The molecule has 2 aromatic heterocycles. The summed E-state index contributed by atoms with van der Waals surface area (Å²) in [7, 11) is 0. The monoisotopic (exact) mass is 427 g/mol. The summed E-state index contributed by atoms with van der Waals surface area (Å²) in [6, 6.07) is 15.9. The highest BCUT2D eigenvalue weighted by atomic mass is 16.1. The third-order valence-electron chi connectivity index (χ3n) is 6.53. The number of rotatable bonds is 5. The Hall–Kier alpha value is -3.39. The Morgan fingerprint density at radius 1 is 1.06 bits per heavy atom. The standard InChI is InChI=1S/C27H30N4O/c1-17-12-24(13-18(2)30-17)22-8-6-21(7-9-22)16-29-27(32)25-14-19(3)31-26(25)23-10-4-20(15-28)5-11-23/h4-5,10-14,21-22,31H,6-9,16H2,1-3H3,(H,29,32)/p+1. The molecule has 0 saturated heterocycles. The van der Waals surface area contributed by atoms with Gasteiger partial charge in [0.25, 0.3) is 5.91 Å². The number of hydrogen-bond acceptors (Lipinski definition) is 2. The number of amides is 1. The number of pyridine rings is 1. The van der Waals surface area contributed by atoms with Crippen LogP contribution in [0.2, 0.25) is 0 Å². The van der Waals surface area contributed by atoms with Gasteiger partial charge in [-0.2, -0.15) is 5.26 Å². The van der Waals surface area contributed by atoms with E-state index < -0.39 is 0 Å². The molecule has 5 nitrogen and oxygen atoms in total. The number of carbonyl (C=O) groups is 1. The van der Waals surface area contributed by atoms with Gasteiger partial charge in [-0.1, -0.05) is 12.1 Å². The Morgan fingerprint density at radius 3 is 2.34 bits per heavy atom. The zero-order valence-electron chi connectivity index (χ0n) is 19.1. The average molecular weight is 428 g/mol. The molecule has 1 aliphatic rings. The van der Waals surface area contributed by atoms with Crippen LogP contribution in [0.1, 0.15) is 70.2 Å². The van der Waals surface area contributed by atoms with Crippen LogP contribution < -0.4 is 10.3 Å². The third-order valence-corrected chi connectivity index (χ3v) is 6.53. The number of hydrogen-bond donors (Lipinski definition) is 2. The molecule has 2 heterocycles. The minimum atomic E-state index is -0.0410. The van der Waals surface area contributed by atoms with Crippen molar-refractivity contribution in [3.63, 3.8) is 0 Å². The van der Waals surface area contributed by atoms with Crippen LogP contribution >= 0.6 is 0 Å². The van der Waals surface area contributed by atoms with Gasteiger partial charge in [-0.05, 0) is 73.8 Å². The van der Waals surface area contributed by atoms with Crippen LogP contribution in [0.15, 0.2) is 42.5 Å². The average Bonchev–Trinajstić information content (AvgIpc) is 3.19. The maximum atomic E-state index is 13.0. The van der Waals surface area contributed by atoms with Crippen LogP contribution in [0.25, 0.3) is 11.3 Å². The van der Waals surface area contributed by atoms with Gasteiger partial charge in [0.2, 0.25) is 0 Å². The van der Waals surface area contributed by atoms with E-state index in [-0.39, 0.29) is 5.91 Å². The molecule has 5 heteroatoms. The maximum absolute atomic E-state index is 13.0. The van der Waals surface area contributed by atoms with Crippen molar-refractivity contribution < 1.29 is 9.78 Å². The summed E-state index contributed by atoms with van der Waals surface area (Å²) in [5.74, 6) is 1.09. The fourth-order valence-corrected chi connectivity index (χ4v) is 4.90. The van der Waals surface area contributed by atoms with E-state index in [9.17, 15) is 4.79 Å². The van der Waals surface area contributed by atoms with Gasteiger partial charge in [0, 0.05) is 38.2 Å². The minimum Gasteiger partial charge on any atom is -0.358 e. The van der Waals surface area contributed by atoms with E-state index in [1.807, 2.05) is 25.1 Å². The van der Waals surface area contributed by atoms with E-state index in [0.29, 0.717) is 29.5 Å². The van der Waals surface area contributed by atoms with Gasteiger partial charge in [-0.3, -0.25) is 4.79 Å². The first-order chi connectivity index (χ1) is 15.4. The van der Waals surface area contributed by atoms with Crippen molar-refractivity contribution in [3.8, 4) is 17.3 Å². The van der Waals surface area contributed by atoms with Crippen molar-refractivity contribution in [2.45, 2.75) is 52.4 Å². The molecule has 1 amide bonds. The molecule has 4 rings (SSSR count). The summed E-state index contributed by atoms with van der Waals surface area (Å²) in [5.41, 5.74) is 7.80. The maximum Gasteiger partial charge on any atom is 0.253 e. The van der Waals surface area contributed by atoms with Crippen LogP contribution in [0.5, 0.6) is 0 Å². The summed E-state index contributed by atoms with van der Waals surface area (Å²) in [6.45, 7) is 6.90. The van der Waals surface area contributed by atoms with Crippen LogP contribution in [0.3, 0.4) is 0 Å². The molecule has 1 saturated carbocycles. The summed E-state index contributed by atoms with van der Waals surface area (Å²) in [6.07, 6.45) is 4.61. The highest BCUT2D eigenvalue weighted by molar-refractivity contribution is 6.00. The lowest BCUT2D eigenvalue weighted by atomic mass is 9.78. The minimum absolute atomic E-state index is 0.0410. The van der Waals surface area contributed by atoms with E-state index >= 15 is 0 Å². The molecule has 3 N–H and O–H groups in total. The van der Waals surface area contributed by atoms with Gasteiger partial charge >= 0.3 is 0 Å². The van der Waals surface area contributed by atoms with Crippen LogP contribution in [0, 0.1) is 38.0 Å². The molecule has 1 aliphatic carbocycles. The molecule has 0 spiro atoms. The van der Waals surface area contributed by atoms with Gasteiger partial charge in [0.1, 0.15) is 0 Å². The van der Waals surface area contributed by atoms with Crippen LogP contribution in [-0.2, 0) is 0 Å². The zero-order valence-corrected chi connectivity index (χ0v) is 19.1. The number of nitriles is 1. The summed E-state index contributed by atoms with van der Waals surface area (Å²) in [4.78, 5) is 19.7. The number of nitrogens with zero attached hydrogens (tertiary/aromatic N) is 1. The predicted molar refractivity (Wildman–Crippen MR) is 125 cm³/mol. The number of nitrogens with one attached hydrogen (secondary N) is 3. The number of H-pyrrole nitrogens is 2. The molecule has 0 bridgehead atoms. The summed E-state index contributed by atoms with van der Waals surface area (Å²) >= 11 is 0. The topological polar surface area (TPSA) is 82.8 Å². The third kappa shape index (κ3) is 4.91. The zero-order chi connectivity index (χ0) is 22.7. The molecule has 0 radical (unpaired) electrons. The lowest BCUT2D eigenvalue weighted by Crippen LogP contribution is -2.31. The lowest BCUT2D eigenvalue weighted by molar-refractivity contribution is -0.397. The van der Waals surface area contributed by atoms with E-state index in [1.54, 1.807) is 12.1 Å². The Morgan fingerprint density at radius 2 is 1.72 bits per heavy atom. The summed E-state index contributed by atoms with van der Waals surface area (Å²) in [5, 5.41) is 12.2. The fraction of sp³-hybridized carbons (Fsp3) is 0.370. The number of benzene rings is 1. The van der Waals surface area contributed by atoms with E-state index in [2.05, 4.69) is 47.3 Å². The SMILES string of the molecule is Cc1cc(C(=O)NCC2CCC(c3cc(C)[nH+]c(C)c3)CC2)c(-c2ccc(C#N)cc2)[nH]1. The second-order valence-corrected chi connectivity index (χ2v) is 9.14. The fourth-order valence-electron chi connectivity index (χ4n) is 4.90. The van der Waals surface area contributed by atoms with Crippen molar-refractivity contribution in [1.29, 1.82) is 5.26 Å². The van der Waals surface area contributed by atoms with Crippen LogP contribution in [0.4, 0.5) is 0 Å². The second-order valence-electron chi connectivity index (χ2n) is 9.14. The first kappa shape index (κ1) is 21.8. The van der Waals surface area contributed by atoms with Gasteiger partial charge in [-0.25, -0.2) is 4.98 Å². The van der Waals surface area contributed by atoms with Crippen molar-refractivity contribution >= 4 is 5.91 Å². The first-order valence-electron chi connectivity index (χ1n) is 11.4. The molecule has 0 atom stereocenters. The highest BCUT2D eigenvalue weighted by Gasteiger charge is 2.24. The smallest absolute Gasteiger partial charge is 0.253 e. The number of carbonyl (C=O) groups excluding carboxylic acids is 1. The van der Waals surface area contributed by atoms with Crippen molar-refractivity contribution in [3.05, 3.63) is 76.2 Å². The molecule has 3 aromatic rings. The second kappa shape index (κ2) is 9.40. The normalized spacial score (nSPS) is 18.2.